The monoisotopic (exact) mass is 516 g/mol. The Labute approximate surface area is 200 Å². The summed E-state index contributed by atoms with van der Waals surface area (Å²) in [6.45, 7) is 3.32. The van der Waals surface area contributed by atoms with Crippen LogP contribution in [0.25, 0.3) is 0 Å². The molecule has 3 rings (SSSR count). The number of amides is 2. The van der Waals surface area contributed by atoms with Gasteiger partial charge in [-0.3, -0.25) is 10.3 Å². The minimum atomic E-state index is -0.349. The van der Waals surface area contributed by atoms with Gasteiger partial charge < -0.3 is 14.8 Å². The van der Waals surface area contributed by atoms with Gasteiger partial charge in [0.05, 0.1) is 12.3 Å². The quantitative estimate of drug-likeness (QED) is 0.198. The molecule has 0 atom stereocenters. The zero-order valence-corrected chi connectivity index (χ0v) is 20.3. The van der Waals surface area contributed by atoms with Crippen molar-refractivity contribution in [2.75, 3.05) is 31.0 Å². The first-order valence-corrected chi connectivity index (χ1v) is 11.8. The highest BCUT2D eigenvalue weighted by molar-refractivity contribution is 9.10. The molecule has 0 saturated heterocycles. The Hall–Kier alpha value is -2.62. The number of benzene rings is 1. The second-order valence-electron chi connectivity index (χ2n) is 6.81. The molecular weight excluding hydrogens is 492 g/mol. The van der Waals surface area contributed by atoms with E-state index < -0.39 is 0 Å². The van der Waals surface area contributed by atoms with Gasteiger partial charge in [0.25, 0.3) is 0 Å². The molecule has 2 N–H and O–H groups in total. The molecule has 2 heterocycles. The number of carbonyl (C=O) groups excluding carboxylic acids is 1. The predicted octanol–water partition coefficient (Wildman–Crippen LogP) is 5.90. The van der Waals surface area contributed by atoms with Crippen molar-refractivity contribution in [1.82, 2.24) is 9.97 Å². The lowest BCUT2D eigenvalue weighted by atomic mass is 10.2. The lowest BCUT2D eigenvalue weighted by Gasteiger charge is -2.12. The van der Waals surface area contributed by atoms with Crippen LogP contribution in [0.1, 0.15) is 17.7 Å². The molecule has 0 fully saturated rings. The van der Waals surface area contributed by atoms with Crippen LogP contribution in [-0.2, 0) is 10.5 Å². The van der Waals surface area contributed by atoms with Gasteiger partial charge in [-0.25, -0.2) is 9.78 Å². The molecule has 0 bridgehead atoms. The lowest BCUT2D eigenvalue weighted by molar-refractivity contribution is 0.172. The average Bonchev–Trinajstić information content (AvgIpc) is 2.78. The van der Waals surface area contributed by atoms with E-state index in [2.05, 4.69) is 36.5 Å². The largest absolute Gasteiger partial charge is 0.493 e. The number of hydrogen-bond acceptors (Lipinski definition) is 6. The fourth-order valence-corrected chi connectivity index (χ4v) is 4.06. The highest BCUT2D eigenvalue weighted by atomic mass is 79.9. The average molecular weight is 517 g/mol. The zero-order valence-electron chi connectivity index (χ0n) is 17.9. The Kier molecular flexibility index (Phi) is 9.33. The first-order valence-electron chi connectivity index (χ1n) is 10.0. The van der Waals surface area contributed by atoms with Gasteiger partial charge >= 0.3 is 6.03 Å². The minimum absolute atomic E-state index is 0.349. The first-order chi connectivity index (χ1) is 15.5. The normalized spacial score (nSPS) is 10.6. The maximum atomic E-state index is 12.2. The lowest BCUT2D eigenvalue weighted by Crippen LogP contribution is -2.20. The third-order valence-corrected chi connectivity index (χ3v) is 5.92. The van der Waals surface area contributed by atoms with E-state index in [0.717, 1.165) is 34.1 Å². The molecule has 7 nitrogen and oxygen atoms in total. The number of anilines is 2. The predicted molar refractivity (Wildman–Crippen MR) is 132 cm³/mol. The van der Waals surface area contributed by atoms with Crippen LogP contribution in [0.4, 0.5) is 16.3 Å². The van der Waals surface area contributed by atoms with E-state index in [1.807, 2.05) is 37.3 Å². The Morgan fingerprint density at radius 2 is 1.91 bits per heavy atom. The van der Waals surface area contributed by atoms with E-state index in [9.17, 15) is 4.79 Å². The van der Waals surface area contributed by atoms with Crippen LogP contribution in [0.15, 0.2) is 64.2 Å². The topological polar surface area (TPSA) is 85.4 Å². The van der Waals surface area contributed by atoms with Crippen molar-refractivity contribution in [2.45, 2.75) is 24.0 Å². The molecule has 9 heteroatoms. The molecular formula is C23H25BrN4O3S. The van der Waals surface area contributed by atoms with Gasteiger partial charge in [0, 0.05) is 48.2 Å². The number of carbonyl (C=O) groups is 1. The number of ether oxygens (including phenoxy) is 2. The number of thioether (sulfide) groups is 1. The molecule has 0 aliphatic heterocycles. The van der Waals surface area contributed by atoms with Crippen LogP contribution in [0.3, 0.4) is 0 Å². The van der Waals surface area contributed by atoms with Gasteiger partial charge in [0.1, 0.15) is 16.2 Å². The smallest absolute Gasteiger partial charge is 0.324 e. The van der Waals surface area contributed by atoms with Gasteiger partial charge in [0.15, 0.2) is 0 Å². The van der Waals surface area contributed by atoms with Crippen molar-refractivity contribution in [3.63, 3.8) is 0 Å². The second kappa shape index (κ2) is 12.4. The zero-order chi connectivity index (χ0) is 22.8. The maximum Gasteiger partial charge on any atom is 0.324 e. The molecule has 0 unspecified atom stereocenters. The molecule has 32 heavy (non-hydrogen) atoms. The Morgan fingerprint density at radius 3 is 2.66 bits per heavy atom. The Morgan fingerprint density at radius 1 is 1.09 bits per heavy atom. The van der Waals surface area contributed by atoms with Crippen molar-refractivity contribution < 1.29 is 14.3 Å². The fraction of sp³-hybridized carbons (Fsp3) is 0.261. The SMILES string of the molecule is COCCCOc1ccnc(CSc2ccc(NC(=O)Nc3cccc(Br)n3)cc2)c1C. The van der Waals surface area contributed by atoms with Gasteiger partial charge in [0.2, 0.25) is 0 Å². The van der Waals surface area contributed by atoms with Crippen molar-refractivity contribution in [1.29, 1.82) is 0 Å². The van der Waals surface area contributed by atoms with Gasteiger partial charge in [-0.05, 0) is 65.3 Å². The molecule has 0 saturated carbocycles. The third kappa shape index (κ3) is 7.51. The van der Waals surface area contributed by atoms with E-state index in [4.69, 9.17) is 9.47 Å². The number of urea groups is 1. The van der Waals surface area contributed by atoms with Crippen LogP contribution in [-0.4, -0.2) is 36.3 Å². The van der Waals surface area contributed by atoms with Crippen LogP contribution in [0.5, 0.6) is 5.75 Å². The van der Waals surface area contributed by atoms with Crippen LogP contribution in [0, 0.1) is 6.92 Å². The van der Waals surface area contributed by atoms with Crippen molar-refractivity contribution >= 4 is 45.2 Å². The summed E-state index contributed by atoms with van der Waals surface area (Å²) in [6, 6.07) is 14.5. The summed E-state index contributed by atoms with van der Waals surface area (Å²) in [5.74, 6) is 2.05. The molecule has 0 aliphatic carbocycles. The van der Waals surface area contributed by atoms with E-state index in [1.54, 1.807) is 43.3 Å². The Bertz CT molecular complexity index is 1030. The summed E-state index contributed by atoms with van der Waals surface area (Å²) in [7, 11) is 1.69. The summed E-state index contributed by atoms with van der Waals surface area (Å²) in [5, 5.41) is 5.51. The molecule has 0 aliphatic rings. The van der Waals surface area contributed by atoms with Gasteiger partial charge in [-0.2, -0.15) is 0 Å². The van der Waals surface area contributed by atoms with Crippen LogP contribution < -0.4 is 15.4 Å². The molecule has 3 aromatic rings. The van der Waals surface area contributed by atoms with Gasteiger partial charge in [-0.15, -0.1) is 11.8 Å². The van der Waals surface area contributed by atoms with Crippen molar-refractivity contribution in [3.8, 4) is 5.75 Å². The first kappa shape index (κ1) is 24.0. The minimum Gasteiger partial charge on any atom is -0.493 e. The van der Waals surface area contributed by atoms with Gasteiger partial charge in [-0.1, -0.05) is 6.07 Å². The van der Waals surface area contributed by atoms with Crippen LogP contribution >= 0.6 is 27.7 Å². The number of nitrogens with zero attached hydrogens (tertiary/aromatic N) is 2. The second-order valence-corrected chi connectivity index (χ2v) is 8.67. The van der Waals surface area contributed by atoms with E-state index in [1.165, 1.54) is 0 Å². The summed E-state index contributed by atoms with van der Waals surface area (Å²) in [5.41, 5.74) is 2.73. The molecule has 0 spiro atoms. The Balaban J connectivity index is 1.51. The van der Waals surface area contributed by atoms with Crippen molar-refractivity contribution in [2.24, 2.45) is 0 Å². The molecule has 2 amide bonds. The van der Waals surface area contributed by atoms with Crippen molar-refractivity contribution in [3.05, 3.63) is 70.6 Å². The van der Waals surface area contributed by atoms with Crippen LogP contribution in [0.2, 0.25) is 0 Å². The summed E-state index contributed by atoms with van der Waals surface area (Å²) < 4.78 is 11.6. The van der Waals surface area contributed by atoms with E-state index >= 15 is 0 Å². The fourth-order valence-electron chi connectivity index (χ4n) is 2.79. The molecule has 2 aromatic heterocycles. The highest BCUT2D eigenvalue weighted by Crippen LogP contribution is 2.28. The number of rotatable bonds is 10. The summed E-state index contributed by atoms with van der Waals surface area (Å²) >= 11 is 4.96. The van der Waals surface area contributed by atoms with E-state index in [-0.39, 0.29) is 6.03 Å². The number of hydrogen-bond donors (Lipinski definition) is 2. The molecule has 1 aromatic carbocycles. The standard InChI is InChI=1S/C23H25BrN4O3S/c1-16-19(25-12-11-20(16)31-14-4-13-30-2)15-32-18-9-7-17(8-10-18)26-23(29)28-22-6-3-5-21(24)27-22/h3,5-12H,4,13-15H2,1-2H3,(H2,26,27,28,29). The number of aromatic nitrogens is 2. The number of nitrogens with one attached hydrogen (secondary N) is 2. The summed E-state index contributed by atoms with van der Waals surface area (Å²) in [4.78, 5) is 21.9. The number of methoxy groups -OCH3 is 1. The maximum absolute atomic E-state index is 12.2. The molecule has 168 valence electrons. The number of pyridine rings is 2. The van der Waals surface area contributed by atoms with E-state index in [0.29, 0.717) is 29.3 Å². The third-order valence-electron chi connectivity index (χ3n) is 4.45. The summed E-state index contributed by atoms with van der Waals surface area (Å²) in [6.07, 6.45) is 2.63. The number of halogens is 1. The highest BCUT2D eigenvalue weighted by Gasteiger charge is 2.08. The molecule has 0 radical (unpaired) electrons.